The zero-order chi connectivity index (χ0) is 13.4. The van der Waals surface area contributed by atoms with E-state index < -0.39 is 0 Å². The SMILES string of the molecule is Cc1ccc(-c2nc3c(c(NN)n2)CCC3)cc1Br. The van der Waals surface area contributed by atoms with Gasteiger partial charge in [-0.25, -0.2) is 15.8 Å². The van der Waals surface area contributed by atoms with Crippen LogP contribution in [0.3, 0.4) is 0 Å². The van der Waals surface area contributed by atoms with E-state index >= 15 is 0 Å². The van der Waals surface area contributed by atoms with Gasteiger partial charge in [-0.05, 0) is 37.8 Å². The van der Waals surface area contributed by atoms with Gasteiger partial charge in [0, 0.05) is 21.3 Å². The van der Waals surface area contributed by atoms with Crippen molar-refractivity contribution >= 4 is 21.7 Å². The molecule has 0 aliphatic heterocycles. The molecule has 3 rings (SSSR count). The van der Waals surface area contributed by atoms with Crippen LogP contribution in [0.5, 0.6) is 0 Å². The van der Waals surface area contributed by atoms with Crippen LogP contribution in [0.1, 0.15) is 23.2 Å². The quantitative estimate of drug-likeness (QED) is 0.660. The Morgan fingerprint density at radius 1 is 1.26 bits per heavy atom. The number of anilines is 1. The third-order valence-corrected chi connectivity index (χ3v) is 4.35. The minimum absolute atomic E-state index is 0.731. The first-order valence-corrected chi connectivity index (χ1v) is 7.11. The monoisotopic (exact) mass is 318 g/mol. The predicted molar refractivity (Wildman–Crippen MR) is 79.7 cm³/mol. The maximum atomic E-state index is 5.57. The lowest BCUT2D eigenvalue weighted by Crippen LogP contribution is -2.12. The van der Waals surface area contributed by atoms with E-state index in [1.165, 1.54) is 5.56 Å². The summed E-state index contributed by atoms with van der Waals surface area (Å²) in [5.41, 5.74) is 7.18. The lowest BCUT2D eigenvalue weighted by Gasteiger charge is -2.10. The van der Waals surface area contributed by atoms with Crippen molar-refractivity contribution in [3.8, 4) is 11.4 Å². The average Bonchev–Trinajstić information content (AvgIpc) is 2.89. The highest BCUT2D eigenvalue weighted by molar-refractivity contribution is 9.10. The van der Waals surface area contributed by atoms with Crippen LogP contribution < -0.4 is 11.3 Å². The van der Waals surface area contributed by atoms with Crippen LogP contribution in [-0.4, -0.2) is 9.97 Å². The lowest BCUT2D eigenvalue weighted by molar-refractivity contribution is 0.900. The van der Waals surface area contributed by atoms with Crippen molar-refractivity contribution in [2.75, 3.05) is 5.43 Å². The zero-order valence-electron chi connectivity index (χ0n) is 10.7. The van der Waals surface area contributed by atoms with E-state index in [1.807, 2.05) is 12.1 Å². The summed E-state index contributed by atoms with van der Waals surface area (Å²) in [5, 5.41) is 0. The maximum absolute atomic E-state index is 5.57. The number of hydrogen-bond donors (Lipinski definition) is 2. The molecule has 0 radical (unpaired) electrons. The van der Waals surface area contributed by atoms with Crippen molar-refractivity contribution in [1.82, 2.24) is 9.97 Å². The Morgan fingerprint density at radius 2 is 2.11 bits per heavy atom. The van der Waals surface area contributed by atoms with Crippen molar-refractivity contribution < 1.29 is 0 Å². The van der Waals surface area contributed by atoms with Crippen molar-refractivity contribution in [2.24, 2.45) is 5.84 Å². The number of fused-ring (bicyclic) bond motifs is 1. The number of nitrogens with two attached hydrogens (primary N) is 1. The molecule has 0 bridgehead atoms. The van der Waals surface area contributed by atoms with Crippen molar-refractivity contribution in [1.29, 1.82) is 0 Å². The first kappa shape index (κ1) is 12.6. The van der Waals surface area contributed by atoms with Crippen LogP contribution in [0.4, 0.5) is 5.82 Å². The lowest BCUT2D eigenvalue weighted by atomic mass is 10.1. The second kappa shape index (κ2) is 4.90. The Labute approximate surface area is 120 Å². The van der Waals surface area contributed by atoms with Crippen LogP contribution in [0.15, 0.2) is 22.7 Å². The number of nitrogens with zero attached hydrogens (tertiary/aromatic N) is 2. The Bertz CT molecular complexity index is 640. The summed E-state index contributed by atoms with van der Waals surface area (Å²) in [4.78, 5) is 9.21. The number of rotatable bonds is 2. The average molecular weight is 319 g/mol. The Hall–Kier alpha value is -1.46. The second-order valence-electron chi connectivity index (χ2n) is 4.78. The van der Waals surface area contributed by atoms with Gasteiger partial charge in [-0.3, -0.25) is 0 Å². The van der Waals surface area contributed by atoms with E-state index in [9.17, 15) is 0 Å². The summed E-state index contributed by atoms with van der Waals surface area (Å²) in [6, 6.07) is 6.15. The molecule has 4 nitrogen and oxygen atoms in total. The Morgan fingerprint density at radius 3 is 2.84 bits per heavy atom. The molecule has 0 fully saturated rings. The van der Waals surface area contributed by atoms with Crippen LogP contribution in [0, 0.1) is 6.92 Å². The standard InChI is InChI=1S/C14H15BrN4/c1-8-5-6-9(7-11(8)15)13-17-12-4-2-3-10(12)14(18-13)19-16/h5-7H,2-4,16H2,1H3,(H,17,18,19). The van der Waals surface area contributed by atoms with Gasteiger partial charge < -0.3 is 5.43 Å². The molecule has 1 aromatic heterocycles. The first-order chi connectivity index (χ1) is 9.19. The molecule has 98 valence electrons. The minimum atomic E-state index is 0.731. The van der Waals surface area contributed by atoms with Crippen molar-refractivity contribution in [3.63, 3.8) is 0 Å². The highest BCUT2D eigenvalue weighted by atomic mass is 79.9. The number of hydrogen-bond acceptors (Lipinski definition) is 4. The molecular weight excluding hydrogens is 304 g/mol. The molecule has 3 N–H and O–H groups in total. The molecule has 19 heavy (non-hydrogen) atoms. The third kappa shape index (κ3) is 2.24. The maximum Gasteiger partial charge on any atom is 0.161 e. The fourth-order valence-corrected chi connectivity index (χ4v) is 2.79. The van der Waals surface area contributed by atoms with Gasteiger partial charge in [-0.1, -0.05) is 28.1 Å². The van der Waals surface area contributed by atoms with Crippen LogP contribution in [-0.2, 0) is 12.8 Å². The molecule has 1 aliphatic rings. The molecule has 0 amide bonds. The molecule has 0 unspecified atom stereocenters. The fourth-order valence-electron chi connectivity index (χ4n) is 2.41. The highest BCUT2D eigenvalue weighted by Gasteiger charge is 2.19. The second-order valence-corrected chi connectivity index (χ2v) is 5.64. The summed E-state index contributed by atoms with van der Waals surface area (Å²) in [7, 11) is 0. The summed E-state index contributed by atoms with van der Waals surface area (Å²) in [6.07, 6.45) is 3.14. The number of hydrazine groups is 1. The van der Waals surface area contributed by atoms with E-state index in [0.717, 1.165) is 52.2 Å². The number of aryl methyl sites for hydroxylation is 2. The molecule has 1 aliphatic carbocycles. The highest BCUT2D eigenvalue weighted by Crippen LogP contribution is 2.30. The number of benzene rings is 1. The summed E-state index contributed by atoms with van der Waals surface area (Å²) in [6.45, 7) is 2.06. The van der Waals surface area contributed by atoms with Crippen LogP contribution in [0.25, 0.3) is 11.4 Å². The predicted octanol–water partition coefficient (Wildman–Crippen LogP) is 2.99. The third-order valence-electron chi connectivity index (χ3n) is 3.50. The van der Waals surface area contributed by atoms with Gasteiger partial charge in [0.05, 0.1) is 0 Å². The van der Waals surface area contributed by atoms with E-state index in [0.29, 0.717) is 0 Å². The summed E-state index contributed by atoms with van der Waals surface area (Å²) in [5.74, 6) is 7.06. The van der Waals surface area contributed by atoms with Gasteiger partial charge in [0.2, 0.25) is 0 Å². The zero-order valence-corrected chi connectivity index (χ0v) is 12.3. The van der Waals surface area contributed by atoms with E-state index in [4.69, 9.17) is 5.84 Å². The van der Waals surface area contributed by atoms with Gasteiger partial charge in [0.15, 0.2) is 5.82 Å². The fraction of sp³-hybridized carbons (Fsp3) is 0.286. The van der Waals surface area contributed by atoms with Gasteiger partial charge in [0.25, 0.3) is 0 Å². The molecule has 2 aromatic rings. The normalized spacial score (nSPS) is 13.4. The smallest absolute Gasteiger partial charge is 0.161 e. The topological polar surface area (TPSA) is 63.8 Å². The van der Waals surface area contributed by atoms with Gasteiger partial charge in [-0.2, -0.15) is 0 Å². The van der Waals surface area contributed by atoms with Gasteiger partial charge in [-0.15, -0.1) is 0 Å². The molecular formula is C14H15BrN4. The van der Waals surface area contributed by atoms with Crippen LogP contribution >= 0.6 is 15.9 Å². The molecule has 0 atom stereocenters. The molecule has 5 heteroatoms. The molecule has 0 saturated heterocycles. The number of nitrogens with one attached hydrogen (secondary N) is 1. The number of halogens is 1. The molecule has 1 aromatic carbocycles. The summed E-state index contributed by atoms with van der Waals surface area (Å²) >= 11 is 3.55. The van der Waals surface area contributed by atoms with E-state index in [-0.39, 0.29) is 0 Å². The summed E-state index contributed by atoms with van der Waals surface area (Å²) < 4.78 is 1.07. The van der Waals surface area contributed by atoms with Crippen molar-refractivity contribution in [2.45, 2.75) is 26.2 Å². The van der Waals surface area contributed by atoms with E-state index in [2.05, 4.69) is 44.3 Å². The largest absolute Gasteiger partial charge is 0.308 e. The van der Waals surface area contributed by atoms with Crippen LogP contribution in [0.2, 0.25) is 0 Å². The number of nitrogen functional groups attached to an aromatic ring is 1. The molecule has 0 saturated carbocycles. The first-order valence-electron chi connectivity index (χ1n) is 6.32. The van der Waals surface area contributed by atoms with Gasteiger partial charge >= 0.3 is 0 Å². The van der Waals surface area contributed by atoms with Crippen molar-refractivity contribution in [3.05, 3.63) is 39.5 Å². The van der Waals surface area contributed by atoms with E-state index in [1.54, 1.807) is 0 Å². The molecule has 0 spiro atoms. The minimum Gasteiger partial charge on any atom is -0.308 e. The van der Waals surface area contributed by atoms with Gasteiger partial charge in [0.1, 0.15) is 5.82 Å². The Kier molecular flexibility index (Phi) is 3.24. The molecule has 1 heterocycles. The Balaban J connectivity index is 2.12. The number of aromatic nitrogens is 2.